The van der Waals surface area contributed by atoms with Crippen molar-refractivity contribution in [2.75, 3.05) is 45.9 Å². The maximum absolute atomic E-state index is 12.1. The van der Waals surface area contributed by atoms with Gasteiger partial charge in [0, 0.05) is 54.8 Å². The Labute approximate surface area is 312 Å². The number of rotatable bonds is 16. The van der Waals surface area contributed by atoms with Gasteiger partial charge in [-0.25, -0.2) is 0 Å². The molecule has 0 radical (unpaired) electrons. The third-order valence-corrected chi connectivity index (χ3v) is 12.5. The number of piperidine rings is 3. The van der Waals surface area contributed by atoms with Crippen LogP contribution in [0.4, 0.5) is 0 Å². The van der Waals surface area contributed by atoms with E-state index in [4.69, 9.17) is 9.47 Å². The molecule has 2 bridgehead atoms. The van der Waals surface area contributed by atoms with Gasteiger partial charge >= 0.3 is 0 Å². The van der Waals surface area contributed by atoms with Gasteiger partial charge in [-0.15, -0.1) is 0 Å². The lowest BCUT2D eigenvalue weighted by Gasteiger charge is -2.53. The summed E-state index contributed by atoms with van der Waals surface area (Å²) in [5.41, 5.74) is 2.30. The number of hydrogen-bond donors (Lipinski definition) is 6. The van der Waals surface area contributed by atoms with E-state index in [0.29, 0.717) is 41.3 Å². The fraction of sp³-hybridized carbons (Fsp3) is 0.512. The smallest absolute Gasteiger partial charge is 0.248 e. The number of aromatic nitrogens is 1. The van der Waals surface area contributed by atoms with Crippen LogP contribution in [0.25, 0.3) is 10.9 Å². The second-order valence-corrected chi connectivity index (χ2v) is 15.8. The SMILES string of the molecule is C[C@H](NC[C@H](O)c1ccc(O)c2[nH]c(=O)ccc12)c1ccc(OCCC[N+]23CCC(CC2)[C@@H](OCC(O)(c2ccccc2)C2CCCC2)C3)c(CO)c1. The molecule has 1 aromatic heterocycles. The second-order valence-electron chi connectivity index (χ2n) is 15.8. The number of aliphatic hydroxyl groups is 3. The van der Waals surface area contributed by atoms with Crippen molar-refractivity contribution in [3.05, 3.63) is 105 Å². The predicted octanol–water partition coefficient (Wildman–Crippen LogP) is 5.58. The number of ether oxygens (including phenoxy) is 2. The molecule has 0 amide bonds. The van der Waals surface area contributed by atoms with Crippen molar-refractivity contribution < 1.29 is 34.4 Å². The lowest BCUT2D eigenvalue weighted by atomic mass is 9.80. The zero-order valence-electron chi connectivity index (χ0n) is 30.9. The molecule has 4 heterocycles. The number of pyridine rings is 1. The van der Waals surface area contributed by atoms with Gasteiger partial charge in [0.05, 0.1) is 51.1 Å². The summed E-state index contributed by atoms with van der Waals surface area (Å²) in [4.78, 5) is 14.4. The third kappa shape index (κ3) is 8.18. The van der Waals surface area contributed by atoms with Crippen molar-refractivity contribution in [3.8, 4) is 11.5 Å². The molecule has 3 aromatic carbocycles. The molecule has 4 aliphatic rings. The highest BCUT2D eigenvalue weighted by molar-refractivity contribution is 5.87. The first-order chi connectivity index (χ1) is 25.7. The zero-order valence-corrected chi connectivity index (χ0v) is 30.9. The Bertz CT molecular complexity index is 1890. The molecule has 6 N–H and O–H groups in total. The number of nitrogens with zero attached hydrogens (tertiary/aromatic N) is 1. The molecule has 3 aliphatic heterocycles. The van der Waals surface area contributed by atoms with Crippen LogP contribution < -0.4 is 15.6 Å². The third-order valence-electron chi connectivity index (χ3n) is 12.5. The van der Waals surface area contributed by atoms with Gasteiger partial charge in [-0.3, -0.25) is 4.79 Å². The summed E-state index contributed by atoms with van der Waals surface area (Å²) in [6.45, 7) is 7.34. The van der Waals surface area contributed by atoms with Crippen molar-refractivity contribution >= 4 is 10.9 Å². The molecule has 8 rings (SSSR count). The first kappa shape index (κ1) is 37.5. The quantitative estimate of drug-likeness (QED) is 0.0649. The maximum Gasteiger partial charge on any atom is 0.248 e. The van der Waals surface area contributed by atoms with Crippen LogP contribution in [0.15, 0.2) is 77.6 Å². The van der Waals surface area contributed by atoms with Crippen molar-refractivity contribution in [3.63, 3.8) is 0 Å². The Hall–Kier alpha value is -3.77. The number of aliphatic hydroxyl groups excluding tert-OH is 2. The Morgan fingerprint density at radius 3 is 2.53 bits per heavy atom. The maximum atomic E-state index is 12.1. The monoisotopic (exact) mass is 726 g/mol. The number of hydrogen-bond acceptors (Lipinski definition) is 8. The number of aromatic hydroxyl groups is 1. The summed E-state index contributed by atoms with van der Waals surface area (Å²) in [5, 5.41) is 47.5. The van der Waals surface area contributed by atoms with Crippen LogP contribution in [0.3, 0.4) is 0 Å². The summed E-state index contributed by atoms with van der Waals surface area (Å²) in [6.07, 6.45) is 6.94. The second kappa shape index (κ2) is 16.3. The summed E-state index contributed by atoms with van der Waals surface area (Å²) in [6, 6.07) is 22.0. The van der Waals surface area contributed by atoms with E-state index in [1.807, 2.05) is 43.3 Å². The average molecular weight is 727 g/mol. The lowest BCUT2D eigenvalue weighted by molar-refractivity contribution is -0.946. The first-order valence-electron chi connectivity index (χ1n) is 19.6. The molecule has 1 aliphatic carbocycles. The molecule has 4 fully saturated rings. The fourth-order valence-electron chi connectivity index (χ4n) is 9.31. The summed E-state index contributed by atoms with van der Waals surface area (Å²) in [7, 11) is 0. The van der Waals surface area contributed by atoms with Crippen LogP contribution in [0.2, 0.25) is 0 Å². The van der Waals surface area contributed by atoms with Gasteiger partial charge in [0.2, 0.25) is 5.56 Å². The van der Waals surface area contributed by atoms with Gasteiger partial charge in [0.15, 0.2) is 0 Å². The van der Waals surface area contributed by atoms with Crippen LogP contribution in [0, 0.1) is 11.8 Å². The van der Waals surface area contributed by atoms with Crippen molar-refractivity contribution in [1.82, 2.24) is 10.3 Å². The minimum Gasteiger partial charge on any atom is -0.506 e. The Morgan fingerprint density at radius 2 is 1.77 bits per heavy atom. The molecule has 0 spiro atoms. The van der Waals surface area contributed by atoms with E-state index < -0.39 is 11.7 Å². The highest BCUT2D eigenvalue weighted by Gasteiger charge is 2.48. The van der Waals surface area contributed by atoms with Gasteiger partial charge in [0.1, 0.15) is 29.7 Å². The number of nitrogens with one attached hydrogen (secondary N) is 2. The molecule has 284 valence electrons. The van der Waals surface area contributed by atoms with Crippen LogP contribution in [0.1, 0.15) is 86.3 Å². The van der Waals surface area contributed by atoms with E-state index in [0.717, 1.165) is 79.5 Å². The number of aromatic amines is 1. The predicted molar refractivity (Wildman–Crippen MR) is 205 cm³/mol. The molecule has 1 saturated carbocycles. The first-order valence-corrected chi connectivity index (χ1v) is 19.6. The van der Waals surface area contributed by atoms with Crippen LogP contribution in [0.5, 0.6) is 11.5 Å². The highest BCUT2D eigenvalue weighted by atomic mass is 16.5. The van der Waals surface area contributed by atoms with Gasteiger partial charge in [-0.05, 0) is 66.6 Å². The molecule has 1 unspecified atom stereocenters. The van der Waals surface area contributed by atoms with Crippen LogP contribution in [-0.4, -0.2) is 81.9 Å². The van der Waals surface area contributed by atoms with Gasteiger partial charge < -0.3 is 44.7 Å². The number of H-pyrrole nitrogens is 1. The van der Waals surface area contributed by atoms with E-state index in [-0.39, 0.29) is 42.5 Å². The van der Waals surface area contributed by atoms with E-state index in [9.17, 15) is 25.2 Å². The number of phenolic OH excluding ortho intramolecular Hbond substituents is 1. The fourth-order valence-corrected chi connectivity index (χ4v) is 9.31. The topological polar surface area (TPSA) is 144 Å². The Morgan fingerprint density at radius 1 is 1.00 bits per heavy atom. The van der Waals surface area contributed by atoms with E-state index in [1.54, 1.807) is 12.1 Å². The lowest BCUT2D eigenvalue weighted by Crippen LogP contribution is -2.65. The van der Waals surface area contributed by atoms with E-state index in [1.165, 1.54) is 25.0 Å². The van der Waals surface area contributed by atoms with Crippen LogP contribution >= 0.6 is 0 Å². The summed E-state index contributed by atoms with van der Waals surface area (Å²) >= 11 is 0. The molecule has 53 heavy (non-hydrogen) atoms. The zero-order chi connectivity index (χ0) is 37.0. The standard InChI is InChI=1S/C43H55N3O7/c1-29(44-25-38(49)35-13-15-37(48)42-36(35)14-17-41(50)45-42)31-12-16-39(32(24-31)27-47)52-23-7-20-46-21-18-30(19-22-46)40(26-46)53-28-43(51,34-10-5-6-11-34)33-8-3-2-4-9-33/h2-4,8-9,12-17,24,29-30,34,38,40,44,47,49,51H,5-7,10-11,18-23,25-28H2,1H3,(H-,45,48,50)/p+1/t29-,30?,38-,40-,43?,46?/m0/s1. The number of quaternary nitrogens is 1. The number of fused-ring (bicyclic) bond motifs is 4. The Balaban J connectivity index is 0.909. The largest absolute Gasteiger partial charge is 0.506 e. The van der Waals surface area contributed by atoms with E-state index >= 15 is 0 Å². The van der Waals surface area contributed by atoms with Crippen molar-refractivity contribution in [2.24, 2.45) is 11.8 Å². The van der Waals surface area contributed by atoms with E-state index in [2.05, 4.69) is 22.4 Å². The van der Waals surface area contributed by atoms with Crippen LogP contribution in [-0.2, 0) is 16.9 Å². The van der Waals surface area contributed by atoms with Crippen molar-refractivity contribution in [2.45, 2.75) is 82.3 Å². The molecule has 10 heteroatoms. The molecular weight excluding hydrogens is 670 g/mol. The molecule has 10 nitrogen and oxygen atoms in total. The molecule has 4 atom stereocenters. The normalized spacial score (nSPS) is 23.9. The van der Waals surface area contributed by atoms with Crippen molar-refractivity contribution in [1.29, 1.82) is 0 Å². The molecule has 3 saturated heterocycles. The summed E-state index contributed by atoms with van der Waals surface area (Å²) in [5.74, 6) is 1.43. The van der Waals surface area contributed by atoms with Gasteiger partial charge in [-0.1, -0.05) is 55.3 Å². The highest BCUT2D eigenvalue weighted by Crippen LogP contribution is 2.43. The molecule has 4 aromatic rings. The molecular formula is C43H56N3O7+. The van der Waals surface area contributed by atoms with Gasteiger partial charge in [0.25, 0.3) is 0 Å². The average Bonchev–Trinajstić information content (AvgIpc) is 3.75. The Kier molecular flexibility index (Phi) is 11.5. The minimum absolute atomic E-state index is 0.0457. The number of benzene rings is 3. The van der Waals surface area contributed by atoms with Gasteiger partial charge in [-0.2, -0.15) is 0 Å². The number of phenols is 1. The summed E-state index contributed by atoms with van der Waals surface area (Å²) < 4.78 is 14.0. The minimum atomic E-state index is -0.940.